The average Bonchev–Trinajstić information content (AvgIpc) is 2.75. The van der Waals surface area contributed by atoms with Gasteiger partial charge in [-0.2, -0.15) is 10.4 Å². The molecule has 0 spiro atoms. The molecule has 29 heavy (non-hydrogen) atoms. The number of rotatable bonds is 5. The zero-order valence-electron chi connectivity index (χ0n) is 16.6. The van der Waals surface area contributed by atoms with Gasteiger partial charge in [0.05, 0.1) is 11.7 Å². The minimum Gasteiger partial charge on any atom is -0.493 e. The number of pyridine rings is 1. The Morgan fingerprint density at radius 3 is 2.34 bits per heavy atom. The molecule has 0 bridgehead atoms. The van der Waals surface area contributed by atoms with Crippen molar-refractivity contribution < 1.29 is 5.11 Å². The van der Waals surface area contributed by atoms with E-state index in [0.29, 0.717) is 11.3 Å². The lowest BCUT2D eigenvalue weighted by Crippen LogP contribution is -2.25. The average molecular weight is 386 g/mol. The lowest BCUT2D eigenvalue weighted by molar-refractivity contribution is 0.393. The molecule has 6 heteroatoms. The maximum absolute atomic E-state index is 13.2. The van der Waals surface area contributed by atoms with E-state index in [1.165, 1.54) is 10.1 Å². The predicted molar refractivity (Wildman–Crippen MR) is 112 cm³/mol. The van der Waals surface area contributed by atoms with Gasteiger partial charge in [0, 0.05) is 5.56 Å². The van der Waals surface area contributed by atoms with Crippen LogP contribution in [0.5, 0.6) is 5.88 Å². The highest BCUT2D eigenvalue weighted by Crippen LogP contribution is 2.30. The van der Waals surface area contributed by atoms with Crippen LogP contribution < -0.4 is 5.56 Å². The zero-order chi connectivity index (χ0) is 21.0. The number of hydrogen-bond donors (Lipinski definition) is 1. The van der Waals surface area contributed by atoms with E-state index in [1.54, 1.807) is 13.8 Å². The van der Waals surface area contributed by atoms with Crippen LogP contribution in [0.4, 0.5) is 11.4 Å². The van der Waals surface area contributed by atoms with Crippen molar-refractivity contribution in [3.05, 3.63) is 87.2 Å². The number of nitrogens with zero attached hydrogens (tertiary/aromatic N) is 4. The van der Waals surface area contributed by atoms with E-state index >= 15 is 0 Å². The highest BCUT2D eigenvalue weighted by Gasteiger charge is 2.23. The summed E-state index contributed by atoms with van der Waals surface area (Å²) in [6, 6.07) is 18.4. The highest BCUT2D eigenvalue weighted by atomic mass is 16.3. The topological polar surface area (TPSA) is 90.7 Å². The maximum Gasteiger partial charge on any atom is 0.282 e. The highest BCUT2D eigenvalue weighted by molar-refractivity contribution is 5.57. The Morgan fingerprint density at radius 2 is 1.76 bits per heavy atom. The second kappa shape index (κ2) is 8.53. The molecule has 1 heterocycles. The number of azo groups is 1. The third-order valence-corrected chi connectivity index (χ3v) is 4.99. The van der Waals surface area contributed by atoms with Crippen LogP contribution in [-0.4, -0.2) is 9.67 Å². The van der Waals surface area contributed by atoms with E-state index in [9.17, 15) is 15.2 Å². The molecule has 0 aliphatic heterocycles. The monoisotopic (exact) mass is 386 g/mol. The second-order valence-corrected chi connectivity index (χ2v) is 6.77. The Labute approximate surface area is 169 Å². The van der Waals surface area contributed by atoms with Gasteiger partial charge in [-0.05, 0) is 43.5 Å². The van der Waals surface area contributed by atoms with Crippen LogP contribution in [0.3, 0.4) is 0 Å². The van der Waals surface area contributed by atoms with Crippen molar-refractivity contribution in [3.8, 4) is 11.9 Å². The van der Waals surface area contributed by atoms with Gasteiger partial charge in [0.2, 0.25) is 5.88 Å². The lowest BCUT2D eigenvalue weighted by atomic mass is 10.1. The summed E-state index contributed by atoms with van der Waals surface area (Å²) in [6.45, 7) is 5.44. The largest absolute Gasteiger partial charge is 0.493 e. The van der Waals surface area contributed by atoms with Crippen molar-refractivity contribution in [1.82, 2.24) is 4.57 Å². The Balaban J connectivity index is 2.13. The van der Waals surface area contributed by atoms with Crippen molar-refractivity contribution in [2.45, 2.75) is 33.2 Å². The quantitative estimate of drug-likeness (QED) is 0.602. The summed E-state index contributed by atoms with van der Waals surface area (Å²) in [5.41, 5.74) is 2.48. The molecule has 0 radical (unpaired) electrons. The summed E-state index contributed by atoms with van der Waals surface area (Å²) in [5.74, 6) is -0.363. The fraction of sp³-hybridized carbons (Fsp3) is 0.217. The van der Waals surface area contributed by atoms with Gasteiger partial charge < -0.3 is 5.11 Å². The number of aromatic hydroxyl groups is 1. The first-order valence-corrected chi connectivity index (χ1v) is 9.41. The van der Waals surface area contributed by atoms with Crippen LogP contribution >= 0.6 is 0 Å². The smallest absolute Gasteiger partial charge is 0.282 e. The molecule has 0 saturated carbocycles. The van der Waals surface area contributed by atoms with Gasteiger partial charge in [-0.15, -0.1) is 5.11 Å². The van der Waals surface area contributed by atoms with E-state index in [-0.39, 0.29) is 17.1 Å². The van der Waals surface area contributed by atoms with E-state index in [4.69, 9.17) is 0 Å². The van der Waals surface area contributed by atoms with Crippen LogP contribution in [-0.2, 0) is 6.42 Å². The van der Waals surface area contributed by atoms with Crippen LogP contribution in [0.2, 0.25) is 0 Å². The summed E-state index contributed by atoms with van der Waals surface area (Å²) < 4.78 is 1.19. The molecule has 0 aliphatic rings. The molecule has 0 fully saturated rings. The Morgan fingerprint density at radius 1 is 1.10 bits per heavy atom. The first-order chi connectivity index (χ1) is 14.0. The maximum atomic E-state index is 13.2. The lowest BCUT2D eigenvalue weighted by Gasteiger charge is -2.19. The molecule has 6 nitrogen and oxygen atoms in total. The standard InChI is InChI=1S/C23H22N4O2/c1-4-17-10-12-19(13-11-17)25-26-21-15(2)20(14-24)22(28)27(23(21)29)16(3)18-8-6-5-7-9-18/h5-13,16,28H,4H2,1-3H3. The molecule has 0 saturated heterocycles. The SMILES string of the molecule is CCc1ccc(N=Nc2c(C)c(C#N)c(O)n(C(C)c3ccccc3)c2=O)cc1. The number of benzene rings is 2. The fourth-order valence-corrected chi connectivity index (χ4v) is 3.17. The summed E-state index contributed by atoms with van der Waals surface area (Å²) in [6.07, 6.45) is 0.919. The fourth-order valence-electron chi connectivity index (χ4n) is 3.17. The Bertz CT molecular complexity index is 1140. The van der Waals surface area contributed by atoms with E-state index in [2.05, 4.69) is 17.2 Å². The summed E-state index contributed by atoms with van der Waals surface area (Å²) in [7, 11) is 0. The van der Waals surface area contributed by atoms with Gasteiger partial charge in [0.25, 0.3) is 5.56 Å². The molecule has 2 aromatic carbocycles. The third-order valence-electron chi connectivity index (χ3n) is 4.99. The van der Waals surface area contributed by atoms with Gasteiger partial charge in [0.1, 0.15) is 11.6 Å². The van der Waals surface area contributed by atoms with E-state index in [0.717, 1.165) is 12.0 Å². The number of aromatic nitrogens is 1. The molecule has 0 amide bonds. The first-order valence-electron chi connectivity index (χ1n) is 9.41. The Hall–Kier alpha value is -3.72. The van der Waals surface area contributed by atoms with Crippen molar-refractivity contribution >= 4 is 11.4 Å². The molecule has 0 aliphatic carbocycles. The Kier molecular flexibility index (Phi) is 5.89. The van der Waals surface area contributed by atoms with E-state index < -0.39 is 11.6 Å². The van der Waals surface area contributed by atoms with Crippen LogP contribution in [0.15, 0.2) is 69.6 Å². The minimum absolute atomic E-state index is 0.0164. The molecular weight excluding hydrogens is 364 g/mol. The zero-order valence-corrected chi connectivity index (χ0v) is 16.6. The van der Waals surface area contributed by atoms with Gasteiger partial charge in [-0.3, -0.25) is 9.36 Å². The second-order valence-electron chi connectivity index (χ2n) is 6.77. The van der Waals surface area contributed by atoms with Crippen LogP contribution in [0.25, 0.3) is 0 Å². The van der Waals surface area contributed by atoms with Gasteiger partial charge in [0.15, 0.2) is 5.69 Å². The minimum atomic E-state index is -0.496. The molecule has 3 aromatic rings. The summed E-state index contributed by atoms with van der Waals surface area (Å²) >= 11 is 0. The molecule has 1 atom stereocenters. The van der Waals surface area contributed by atoms with Crippen molar-refractivity contribution in [1.29, 1.82) is 5.26 Å². The summed E-state index contributed by atoms with van der Waals surface area (Å²) in [5, 5.41) is 28.5. The molecule has 1 aromatic heterocycles. The van der Waals surface area contributed by atoms with Crippen molar-refractivity contribution in [2.24, 2.45) is 10.2 Å². The summed E-state index contributed by atoms with van der Waals surface area (Å²) in [4.78, 5) is 13.2. The molecule has 1 unspecified atom stereocenters. The predicted octanol–water partition coefficient (Wildman–Crippen LogP) is 5.32. The number of aryl methyl sites for hydroxylation is 1. The molecular formula is C23H22N4O2. The molecule has 1 N–H and O–H groups in total. The van der Waals surface area contributed by atoms with Gasteiger partial charge in [-0.1, -0.05) is 49.4 Å². The van der Waals surface area contributed by atoms with Crippen LogP contribution in [0, 0.1) is 18.3 Å². The van der Waals surface area contributed by atoms with Crippen LogP contribution in [0.1, 0.15) is 42.1 Å². The number of nitriles is 1. The van der Waals surface area contributed by atoms with E-state index in [1.807, 2.05) is 60.7 Å². The van der Waals surface area contributed by atoms with Gasteiger partial charge >= 0.3 is 0 Å². The molecule has 146 valence electrons. The third kappa shape index (κ3) is 3.94. The molecule has 3 rings (SSSR count). The first kappa shape index (κ1) is 20.0. The normalized spacial score (nSPS) is 12.1. The van der Waals surface area contributed by atoms with Crippen molar-refractivity contribution in [2.75, 3.05) is 0 Å². The number of hydrogen-bond acceptors (Lipinski definition) is 5. The van der Waals surface area contributed by atoms with Gasteiger partial charge in [-0.25, -0.2) is 0 Å². The van der Waals surface area contributed by atoms with Crippen molar-refractivity contribution in [3.63, 3.8) is 0 Å².